The second-order valence-corrected chi connectivity index (χ2v) is 17.2. The summed E-state index contributed by atoms with van der Waals surface area (Å²) in [5.41, 5.74) is 0.612. The Labute approximate surface area is 298 Å². The third-order valence-corrected chi connectivity index (χ3v) is 12.1. The molecule has 5 atom stereocenters. The highest BCUT2D eigenvalue weighted by atomic mass is 32.2. The SMILES string of the molecule is C=C[C@@H]1C[C@]1(NC(=O)[C@@H]1C[C@@H]2CN1C(=O)[C@H](C(C)(C)C)NC(=O)OCCCCC=Cc1cccc3c1CN(C3)C(=O)O2)C(=O)NS(=O)(=O)C1CC1. The zero-order chi connectivity index (χ0) is 36.7. The van der Waals surface area contributed by atoms with Crippen LogP contribution in [0.3, 0.4) is 0 Å². The second kappa shape index (κ2) is 14.0. The summed E-state index contributed by atoms with van der Waals surface area (Å²) in [6.45, 7) is 9.72. The molecule has 3 heterocycles. The fourth-order valence-electron chi connectivity index (χ4n) is 7.06. The minimum atomic E-state index is -3.91. The van der Waals surface area contributed by atoms with Crippen molar-refractivity contribution in [3.8, 4) is 0 Å². The maximum atomic E-state index is 14.3. The number of nitrogens with one attached hydrogen (secondary N) is 3. The van der Waals surface area contributed by atoms with E-state index in [1.807, 2.05) is 24.3 Å². The molecule has 276 valence electrons. The number of fused-ring (bicyclic) bond motifs is 3. The van der Waals surface area contributed by atoms with Gasteiger partial charge in [-0.1, -0.05) is 57.2 Å². The quantitative estimate of drug-likeness (QED) is 0.372. The minimum absolute atomic E-state index is 0.0871. The van der Waals surface area contributed by atoms with E-state index in [9.17, 15) is 32.4 Å². The molecule has 0 spiro atoms. The molecule has 3 aliphatic heterocycles. The molecule has 4 bridgehead atoms. The highest BCUT2D eigenvalue weighted by molar-refractivity contribution is 7.91. The van der Waals surface area contributed by atoms with Crippen LogP contribution in [-0.4, -0.2) is 90.3 Å². The molecule has 1 aromatic carbocycles. The van der Waals surface area contributed by atoms with Gasteiger partial charge in [-0.2, -0.15) is 0 Å². The Kier molecular flexibility index (Phi) is 9.96. The lowest BCUT2D eigenvalue weighted by Crippen LogP contribution is -2.60. The maximum Gasteiger partial charge on any atom is 0.410 e. The first-order chi connectivity index (χ1) is 24.1. The Hall–Kier alpha value is -4.40. The monoisotopic (exact) mass is 725 g/mol. The topological polar surface area (TPSA) is 181 Å². The summed E-state index contributed by atoms with van der Waals surface area (Å²) in [4.78, 5) is 71.2. The number of ether oxygens (including phenoxy) is 2. The van der Waals surface area contributed by atoms with Gasteiger partial charge in [-0.25, -0.2) is 18.0 Å². The number of carbonyl (C=O) groups is 5. The number of allylic oxidation sites excluding steroid dienone is 1. The van der Waals surface area contributed by atoms with Crippen molar-refractivity contribution in [3.63, 3.8) is 0 Å². The first-order valence-electron chi connectivity index (χ1n) is 17.6. The zero-order valence-electron chi connectivity index (χ0n) is 29.3. The normalized spacial score (nSPS) is 28.6. The van der Waals surface area contributed by atoms with Gasteiger partial charge in [0.1, 0.15) is 23.7 Å². The van der Waals surface area contributed by atoms with E-state index in [4.69, 9.17) is 9.47 Å². The van der Waals surface area contributed by atoms with Gasteiger partial charge in [0.2, 0.25) is 21.8 Å². The molecule has 14 nitrogen and oxygen atoms in total. The summed E-state index contributed by atoms with van der Waals surface area (Å²) >= 11 is 0. The average molecular weight is 726 g/mol. The molecule has 5 aliphatic rings. The van der Waals surface area contributed by atoms with Gasteiger partial charge in [-0.05, 0) is 60.6 Å². The molecule has 0 aromatic heterocycles. The number of amides is 5. The van der Waals surface area contributed by atoms with Crippen molar-refractivity contribution in [3.05, 3.63) is 53.6 Å². The number of carbonyl (C=O) groups excluding carboxylic acids is 5. The van der Waals surface area contributed by atoms with Gasteiger partial charge in [0.25, 0.3) is 5.91 Å². The van der Waals surface area contributed by atoms with E-state index in [2.05, 4.69) is 28.0 Å². The summed E-state index contributed by atoms with van der Waals surface area (Å²) in [7, 11) is -3.91. The van der Waals surface area contributed by atoms with Crippen LogP contribution in [0, 0.1) is 11.3 Å². The lowest BCUT2D eigenvalue weighted by molar-refractivity contribution is -0.142. The van der Waals surface area contributed by atoms with Gasteiger partial charge in [-0.15, -0.1) is 6.58 Å². The third kappa shape index (κ3) is 7.77. The smallest absolute Gasteiger partial charge is 0.410 e. The number of hydrogen-bond donors (Lipinski definition) is 3. The Morgan fingerprint density at radius 2 is 1.88 bits per heavy atom. The molecule has 15 heteroatoms. The molecule has 1 saturated heterocycles. The van der Waals surface area contributed by atoms with Crippen molar-refractivity contribution in [2.45, 2.75) is 108 Å². The Balaban J connectivity index is 1.27. The molecule has 6 rings (SSSR count). The number of hydrogen-bond acceptors (Lipinski definition) is 9. The molecular weight excluding hydrogens is 678 g/mol. The molecule has 2 aliphatic carbocycles. The molecular formula is C36H47N5O9S. The van der Waals surface area contributed by atoms with Crippen LogP contribution in [-0.2, 0) is 47.0 Å². The van der Waals surface area contributed by atoms with Crippen LogP contribution in [0.4, 0.5) is 9.59 Å². The van der Waals surface area contributed by atoms with Crippen LogP contribution in [0.5, 0.6) is 0 Å². The summed E-state index contributed by atoms with van der Waals surface area (Å²) in [5, 5.41) is 4.77. The van der Waals surface area contributed by atoms with E-state index < -0.39 is 80.2 Å². The van der Waals surface area contributed by atoms with E-state index >= 15 is 0 Å². The summed E-state index contributed by atoms with van der Waals surface area (Å²) in [6.07, 6.45) is 6.36. The van der Waals surface area contributed by atoms with Gasteiger partial charge in [0.05, 0.1) is 24.9 Å². The minimum Gasteiger partial charge on any atom is -0.450 e. The first-order valence-corrected chi connectivity index (χ1v) is 19.1. The van der Waals surface area contributed by atoms with E-state index in [-0.39, 0.29) is 26.0 Å². The van der Waals surface area contributed by atoms with Gasteiger partial charge < -0.3 is 25.0 Å². The van der Waals surface area contributed by atoms with E-state index in [1.54, 1.807) is 25.7 Å². The largest absolute Gasteiger partial charge is 0.450 e. The third-order valence-electron chi connectivity index (χ3n) is 10.3. The van der Waals surface area contributed by atoms with Gasteiger partial charge in [0, 0.05) is 18.9 Å². The van der Waals surface area contributed by atoms with Gasteiger partial charge in [0.15, 0.2) is 0 Å². The molecule has 51 heavy (non-hydrogen) atoms. The standard InChI is InChI=1S/C36H47N5O9S/c1-5-24-18-36(24,32(44)39-51(47,48)26-14-15-26)38-30(42)28-17-25-20-41(28)31(43)29(35(2,3)4)37-33(45)49-16-9-7-6-8-11-22-12-10-13-23-19-40(21-27(22)23)34(46)50-25/h5,8,10-13,24-26,28-29H,1,6-7,9,14-21H2,2-4H3,(H,37,45)(H,38,42)(H,39,44)/t24-,25-,28+,29-,36-/m1/s1. The Morgan fingerprint density at radius 1 is 1.12 bits per heavy atom. The predicted molar refractivity (Wildman–Crippen MR) is 186 cm³/mol. The zero-order valence-corrected chi connectivity index (χ0v) is 30.1. The van der Waals surface area contributed by atoms with Crippen LogP contribution in [0.1, 0.15) is 82.4 Å². The highest BCUT2D eigenvalue weighted by Crippen LogP contribution is 2.45. The molecule has 0 radical (unpaired) electrons. The second-order valence-electron chi connectivity index (χ2n) is 15.2. The van der Waals surface area contributed by atoms with Crippen LogP contribution in [0.25, 0.3) is 6.08 Å². The van der Waals surface area contributed by atoms with Crippen LogP contribution >= 0.6 is 0 Å². The number of benzene rings is 1. The number of nitrogens with zero attached hydrogens (tertiary/aromatic N) is 2. The highest BCUT2D eigenvalue weighted by Gasteiger charge is 2.62. The van der Waals surface area contributed by atoms with E-state index in [1.165, 1.54) is 11.0 Å². The maximum absolute atomic E-state index is 14.3. The van der Waals surface area contributed by atoms with Gasteiger partial charge in [-0.3, -0.25) is 24.0 Å². The van der Waals surface area contributed by atoms with Crippen molar-refractivity contribution in [2.24, 2.45) is 11.3 Å². The molecule has 5 amide bonds. The van der Waals surface area contributed by atoms with Crippen LogP contribution in [0.15, 0.2) is 36.9 Å². The van der Waals surface area contributed by atoms with Crippen molar-refractivity contribution in [1.82, 2.24) is 25.2 Å². The number of sulfonamides is 1. The molecule has 2 saturated carbocycles. The van der Waals surface area contributed by atoms with E-state index in [0.717, 1.165) is 29.5 Å². The first kappa shape index (κ1) is 36.4. The summed E-state index contributed by atoms with van der Waals surface area (Å²) in [5.74, 6) is -2.72. The molecule has 0 unspecified atom stereocenters. The predicted octanol–water partition coefficient (Wildman–Crippen LogP) is 3.12. The van der Waals surface area contributed by atoms with E-state index in [0.29, 0.717) is 32.4 Å². The van der Waals surface area contributed by atoms with Crippen molar-refractivity contribution >= 4 is 46.0 Å². The summed E-state index contributed by atoms with van der Waals surface area (Å²) in [6, 6.07) is 3.56. The van der Waals surface area contributed by atoms with Crippen LogP contribution < -0.4 is 15.4 Å². The lowest BCUT2D eigenvalue weighted by atomic mass is 9.85. The molecule has 3 fully saturated rings. The van der Waals surface area contributed by atoms with Crippen molar-refractivity contribution in [1.29, 1.82) is 0 Å². The fraction of sp³-hybridized carbons (Fsp3) is 0.583. The number of cyclic esters (lactones) is 1. The lowest BCUT2D eigenvalue weighted by Gasteiger charge is -2.35. The molecule has 3 N–H and O–H groups in total. The number of alkyl carbamates (subject to hydrolysis) is 1. The van der Waals surface area contributed by atoms with Crippen molar-refractivity contribution in [2.75, 3.05) is 13.2 Å². The average Bonchev–Trinajstić information content (AvgIpc) is 3.96. The van der Waals surface area contributed by atoms with Crippen molar-refractivity contribution < 1.29 is 41.9 Å². The number of rotatable bonds is 6. The fourth-order valence-corrected chi connectivity index (χ4v) is 8.42. The Bertz CT molecular complexity index is 1750. The van der Waals surface area contributed by atoms with Gasteiger partial charge >= 0.3 is 12.2 Å². The van der Waals surface area contributed by atoms with Crippen LogP contribution in [0.2, 0.25) is 0 Å². The summed E-state index contributed by atoms with van der Waals surface area (Å²) < 4.78 is 38.8. The Morgan fingerprint density at radius 3 is 2.57 bits per heavy atom. The molecule has 1 aromatic rings.